The van der Waals surface area contributed by atoms with E-state index < -0.39 is 0 Å². The number of hydrogen-bond donors (Lipinski definition) is 1. The van der Waals surface area contributed by atoms with Crippen LogP contribution in [0.2, 0.25) is 5.02 Å². The van der Waals surface area contributed by atoms with E-state index in [4.69, 9.17) is 21.1 Å². The Balaban J connectivity index is 1.63. The van der Waals surface area contributed by atoms with Gasteiger partial charge in [-0.3, -0.25) is 9.59 Å². The van der Waals surface area contributed by atoms with Crippen molar-refractivity contribution >= 4 is 23.4 Å². The molecule has 0 aliphatic carbocycles. The molecule has 6 nitrogen and oxygen atoms in total. The maximum atomic E-state index is 12.6. The molecule has 136 valence electrons. The second kappa shape index (κ2) is 7.95. The summed E-state index contributed by atoms with van der Waals surface area (Å²) in [4.78, 5) is 26.0. The molecule has 3 rings (SSSR count). The predicted molar refractivity (Wildman–Crippen MR) is 94.2 cm³/mol. The van der Waals surface area contributed by atoms with Crippen LogP contribution in [-0.2, 0) is 16.0 Å². The summed E-state index contributed by atoms with van der Waals surface area (Å²) in [6.45, 7) is 4.06. The largest absolute Gasteiger partial charge is 0.486 e. The van der Waals surface area contributed by atoms with Crippen molar-refractivity contribution in [2.24, 2.45) is 0 Å². The number of piperidine rings is 1. The summed E-state index contributed by atoms with van der Waals surface area (Å²) in [5.41, 5.74) is 0.805. The molecule has 1 atom stereocenters. The monoisotopic (exact) mass is 366 g/mol. The normalized spacial score (nSPS) is 19.4. The molecule has 1 aromatic carbocycles. The fourth-order valence-corrected chi connectivity index (χ4v) is 3.49. The van der Waals surface area contributed by atoms with Crippen LogP contribution in [0.15, 0.2) is 12.1 Å². The minimum absolute atomic E-state index is 0.0258. The summed E-state index contributed by atoms with van der Waals surface area (Å²) >= 11 is 6.24. The molecular formula is C18H23ClN2O4. The van der Waals surface area contributed by atoms with Gasteiger partial charge in [0, 0.05) is 25.6 Å². The van der Waals surface area contributed by atoms with Crippen molar-refractivity contribution in [3.8, 4) is 11.5 Å². The highest BCUT2D eigenvalue weighted by Gasteiger charge is 2.25. The summed E-state index contributed by atoms with van der Waals surface area (Å²) in [6, 6.07) is 3.61. The number of fused-ring (bicyclic) bond motifs is 1. The number of ether oxygens (including phenoxy) is 2. The van der Waals surface area contributed by atoms with Gasteiger partial charge in [0.1, 0.15) is 13.2 Å². The molecule has 0 spiro atoms. The first-order valence-corrected chi connectivity index (χ1v) is 9.09. The molecule has 0 bridgehead atoms. The van der Waals surface area contributed by atoms with Crippen LogP contribution in [0, 0.1) is 0 Å². The number of nitrogens with zero attached hydrogens (tertiary/aromatic N) is 1. The van der Waals surface area contributed by atoms with Gasteiger partial charge in [-0.15, -0.1) is 0 Å². The molecule has 1 fully saturated rings. The van der Waals surface area contributed by atoms with Crippen LogP contribution in [-0.4, -0.2) is 49.1 Å². The summed E-state index contributed by atoms with van der Waals surface area (Å²) in [6.07, 6.45) is 2.51. The Hall–Kier alpha value is -1.95. The minimum atomic E-state index is 0.0258. The Morgan fingerprint density at radius 2 is 2.12 bits per heavy atom. The Bertz CT molecular complexity index is 665. The SMILES string of the molecule is CCC(=O)NC1CCCN(C(=O)Cc2cc(Cl)c3c(c2)OCCO3)C1. The van der Waals surface area contributed by atoms with E-state index in [2.05, 4.69) is 5.32 Å². The minimum Gasteiger partial charge on any atom is -0.486 e. The third kappa shape index (κ3) is 4.37. The van der Waals surface area contributed by atoms with Crippen molar-refractivity contribution in [2.45, 2.75) is 38.6 Å². The number of hydrogen-bond acceptors (Lipinski definition) is 4. The molecule has 1 saturated heterocycles. The summed E-state index contributed by atoms with van der Waals surface area (Å²) in [5, 5.41) is 3.44. The zero-order valence-electron chi connectivity index (χ0n) is 14.3. The number of amides is 2. The van der Waals surface area contributed by atoms with Crippen LogP contribution in [0.3, 0.4) is 0 Å². The van der Waals surface area contributed by atoms with Crippen molar-refractivity contribution in [3.05, 3.63) is 22.7 Å². The van der Waals surface area contributed by atoms with Crippen LogP contribution >= 0.6 is 11.6 Å². The van der Waals surface area contributed by atoms with Crippen LogP contribution in [0.25, 0.3) is 0 Å². The summed E-state index contributed by atoms with van der Waals surface area (Å²) < 4.78 is 11.1. The second-order valence-electron chi connectivity index (χ2n) is 6.38. The Morgan fingerprint density at radius 3 is 2.92 bits per heavy atom. The average molecular weight is 367 g/mol. The van der Waals surface area contributed by atoms with E-state index in [0.29, 0.717) is 42.7 Å². The van der Waals surface area contributed by atoms with Crippen molar-refractivity contribution < 1.29 is 19.1 Å². The molecule has 0 saturated carbocycles. The van der Waals surface area contributed by atoms with Gasteiger partial charge in [0.15, 0.2) is 11.5 Å². The maximum absolute atomic E-state index is 12.6. The van der Waals surface area contributed by atoms with Crippen molar-refractivity contribution in [2.75, 3.05) is 26.3 Å². The van der Waals surface area contributed by atoms with Crippen molar-refractivity contribution in [3.63, 3.8) is 0 Å². The topological polar surface area (TPSA) is 67.9 Å². The van der Waals surface area contributed by atoms with Crippen LogP contribution < -0.4 is 14.8 Å². The van der Waals surface area contributed by atoms with Crippen molar-refractivity contribution in [1.29, 1.82) is 0 Å². The zero-order chi connectivity index (χ0) is 17.8. The first-order chi connectivity index (χ1) is 12.1. The third-order valence-corrected chi connectivity index (χ3v) is 4.75. The molecule has 2 aliphatic heterocycles. The molecule has 25 heavy (non-hydrogen) atoms. The maximum Gasteiger partial charge on any atom is 0.227 e. The average Bonchev–Trinajstić information content (AvgIpc) is 2.62. The highest BCUT2D eigenvalue weighted by atomic mass is 35.5. The molecule has 2 heterocycles. The molecule has 2 amide bonds. The van der Waals surface area contributed by atoms with Crippen LogP contribution in [0.4, 0.5) is 0 Å². The summed E-state index contributed by atoms with van der Waals surface area (Å²) in [5.74, 6) is 1.19. The first kappa shape index (κ1) is 17.9. The fraction of sp³-hybridized carbons (Fsp3) is 0.556. The lowest BCUT2D eigenvalue weighted by Crippen LogP contribution is -2.49. The van der Waals surface area contributed by atoms with E-state index >= 15 is 0 Å². The fourth-order valence-electron chi connectivity index (χ4n) is 3.20. The third-order valence-electron chi connectivity index (χ3n) is 4.47. The standard InChI is InChI=1S/C18H23ClN2O4/c1-2-16(22)20-13-4-3-5-21(11-13)17(23)10-12-8-14(19)18-15(9-12)24-6-7-25-18/h8-9,13H,2-7,10-11H2,1H3,(H,20,22). The molecule has 1 unspecified atom stereocenters. The number of likely N-dealkylation sites (tertiary alicyclic amines) is 1. The lowest BCUT2D eigenvalue weighted by molar-refractivity contribution is -0.133. The van der Waals surface area contributed by atoms with E-state index in [0.717, 1.165) is 24.9 Å². The van der Waals surface area contributed by atoms with E-state index in [1.807, 2.05) is 17.9 Å². The smallest absolute Gasteiger partial charge is 0.227 e. The van der Waals surface area contributed by atoms with Crippen LogP contribution in [0.1, 0.15) is 31.7 Å². The number of carbonyl (C=O) groups is 2. The lowest BCUT2D eigenvalue weighted by Gasteiger charge is -2.33. The highest BCUT2D eigenvalue weighted by Crippen LogP contribution is 2.38. The van der Waals surface area contributed by atoms with E-state index in [1.54, 1.807) is 6.07 Å². The van der Waals surface area contributed by atoms with E-state index in [1.165, 1.54) is 0 Å². The van der Waals surface area contributed by atoms with Gasteiger partial charge < -0.3 is 19.7 Å². The quantitative estimate of drug-likeness (QED) is 0.886. The molecule has 1 aromatic rings. The molecule has 7 heteroatoms. The predicted octanol–water partition coefficient (Wildman–Crippen LogP) is 2.17. The number of rotatable bonds is 4. The molecule has 2 aliphatic rings. The van der Waals surface area contributed by atoms with E-state index in [-0.39, 0.29) is 24.3 Å². The van der Waals surface area contributed by atoms with E-state index in [9.17, 15) is 9.59 Å². The molecule has 1 N–H and O–H groups in total. The van der Waals surface area contributed by atoms with Crippen molar-refractivity contribution in [1.82, 2.24) is 10.2 Å². The molecular weight excluding hydrogens is 344 g/mol. The number of halogens is 1. The van der Waals surface area contributed by atoms with Gasteiger partial charge in [-0.1, -0.05) is 18.5 Å². The first-order valence-electron chi connectivity index (χ1n) is 8.72. The highest BCUT2D eigenvalue weighted by molar-refractivity contribution is 6.32. The number of carbonyl (C=O) groups excluding carboxylic acids is 2. The lowest BCUT2D eigenvalue weighted by atomic mass is 10.0. The van der Waals surface area contributed by atoms with Gasteiger partial charge in [-0.25, -0.2) is 0 Å². The Morgan fingerprint density at radius 1 is 1.32 bits per heavy atom. The Labute approximate surface area is 152 Å². The number of benzene rings is 1. The van der Waals surface area contributed by atoms with Gasteiger partial charge in [-0.2, -0.15) is 0 Å². The summed E-state index contributed by atoms with van der Waals surface area (Å²) in [7, 11) is 0. The molecule has 0 aromatic heterocycles. The van der Waals surface area contributed by atoms with Gasteiger partial charge in [0.2, 0.25) is 11.8 Å². The van der Waals surface area contributed by atoms with Crippen LogP contribution in [0.5, 0.6) is 11.5 Å². The Kier molecular flexibility index (Phi) is 5.68. The van der Waals surface area contributed by atoms with Gasteiger partial charge in [0.25, 0.3) is 0 Å². The van der Waals surface area contributed by atoms with Gasteiger partial charge >= 0.3 is 0 Å². The van der Waals surface area contributed by atoms with Gasteiger partial charge in [0.05, 0.1) is 11.4 Å². The zero-order valence-corrected chi connectivity index (χ0v) is 15.1. The second-order valence-corrected chi connectivity index (χ2v) is 6.79. The van der Waals surface area contributed by atoms with Gasteiger partial charge in [-0.05, 0) is 30.5 Å². The number of nitrogens with one attached hydrogen (secondary N) is 1. The molecule has 0 radical (unpaired) electrons.